The van der Waals surface area contributed by atoms with Gasteiger partial charge >= 0.3 is 5.97 Å². The number of benzene rings is 3. The standard InChI is InChI=1S/C23H23NO3/c1-16-5-4-6-17(11-16)14-22(25)24-21(15-23(26)27)13-18-9-10-19-7-2-3-8-20(19)12-18/h2-12,21H,13-15H2,1H3,(H,24,25)(H,26,27)/t21-/m1/s1. The van der Waals surface area contributed by atoms with Crippen molar-refractivity contribution < 1.29 is 14.7 Å². The average molecular weight is 361 g/mol. The fourth-order valence-electron chi connectivity index (χ4n) is 3.32. The van der Waals surface area contributed by atoms with E-state index in [4.69, 9.17) is 0 Å². The van der Waals surface area contributed by atoms with E-state index in [9.17, 15) is 14.7 Å². The van der Waals surface area contributed by atoms with Crippen molar-refractivity contribution in [1.29, 1.82) is 0 Å². The summed E-state index contributed by atoms with van der Waals surface area (Å²) in [6.45, 7) is 1.98. The van der Waals surface area contributed by atoms with E-state index in [0.29, 0.717) is 6.42 Å². The molecule has 27 heavy (non-hydrogen) atoms. The Kier molecular flexibility index (Phi) is 5.87. The molecule has 3 aromatic rings. The minimum Gasteiger partial charge on any atom is -0.481 e. The van der Waals surface area contributed by atoms with Crippen LogP contribution in [0.4, 0.5) is 0 Å². The first-order chi connectivity index (χ1) is 13.0. The number of aryl methyl sites for hydroxylation is 1. The zero-order valence-electron chi connectivity index (χ0n) is 15.3. The highest BCUT2D eigenvalue weighted by atomic mass is 16.4. The number of carbonyl (C=O) groups is 2. The van der Waals surface area contributed by atoms with Gasteiger partial charge in [0.15, 0.2) is 0 Å². The molecule has 3 rings (SSSR count). The Morgan fingerprint density at radius 2 is 1.70 bits per heavy atom. The lowest BCUT2D eigenvalue weighted by atomic mass is 9.99. The van der Waals surface area contributed by atoms with Crippen LogP contribution in [0.2, 0.25) is 0 Å². The number of fused-ring (bicyclic) bond motifs is 1. The maximum atomic E-state index is 12.4. The molecule has 1 atom stereocenters. The molecule has 138 valence electrons. The summed E-state index contributed by atoms with van der Waals surface area (Å²) in [6, 6.07) is 21.4. The first kappa shape index (κ1) is 18.6. The summed E-state index contributed by atoms with van der Waals surface area (Å²) >= 11 is 0. The summed E-state index contributed by atoms with van der Waals surface area (Å²) in [5, 5.41) is 14.4. The predicted octanol–water partition coefficient (Wildman–Crippen LogP) is 3.89. The molecule has 0 aromatic heterocycles. The number of aliphatic carboxylic acids is 1. The van der Waals surface area contributed by atoms with Gasteiger partial charge in [-0.05, 0) is 35.2 Å². The van der Waals surface area contributed by atoms with Gasteiger partial charge < -0.3 is 10.4 Å². The average Bonchev–Trinajstić information content (AvgIpc) is 2.61. The Labute approximate surface area is 158 Å². The van der Waals surface area contributed by atoms with Crippen molar-refractivity contribution in [2.75, 3.05) is 0 Å². The van der Waals surface area contributed by atoms with E-state index in [1.807, 2.05) is 67.6 Å². The van der Waals surface area contributed by atoms with Crippen LogP contribution >= 0.6 is 0 Å². The van der Waals surface area contributed by atoms with Crippen LogP contribution in [0, 0.1) is 6.92 Å². The number of carboxylic acid groups (broad SMARTS) is 1. The van der Waals surface area contributed by atoms with Crippen molar-refractivity contribution in [2.45, 2.75) is 32.2 Å². The number of hydrogen-bond donors (Lipinski definition) is 2. The van der Waals surface area contributed by atoms with E-state index in [-0.39, 0.29) is 18.7 Å². The molecule has 0 radical (unpaired) electrons. The molecule has 0 bridgehead atoms. The third-order valence-corrected chi connectivity index (χ3v) is 4.53. The highest BCUT2D eigenvalue weighted by Crippen LogP contribution is 2.17. The van der Waals surface area contributed by atoms with Crippen molar-refractivity contribution in [3.63, 3.8) is 0 Å². The monoisotopic (exact) mass is 361 g/mol. The van der Waals surface area contributed by atoms with Gasteiger partial charge in [-0.25, -0.2) is 0 Å². The van der Waals surface area contributed by atoms with Crippen LogP contribution in [-0.2, 0) is 22.4 Å². The lowest BCUT2D eigenvalue weighted by molar-refractivity contribution is -0.137. The van der Waals surface area contributed by atoms with Crippen LogP contribution in [0.5, 0.6) is 0 Å². The highest BCUT2D eigenvalue weighted by molar-refractivity contribution is 5.83. The molecule has 0 unspecified atom stereocenters. The van der Waals surface area contributed by atoms with Gasteiger partial charge in [-0.2, -0.15) is 0 Å². The fraction of sp³-hybridized carbons (Fsp3) is 0.217. The second-order valence-electron chi connectivity index (χ2n) is 6.91. The van der Waals surface area contributed by atoms with Crippen LogP contribution in [0.1, 0.15) is 23.1 Å². The van der Waals surface area contributed by atoms with Gasteiger partial charge in [0, 0.05) is 6.04 Å². The minimum atomic E-state index is -0.920. The Morgan fingerprint density at radius 1 is 0.926 bits per heavy atom. The Bertz CT molecular complexity index is 965. The second kappa shape index (κ2) is 8.49. The third kappa shape index (κ3) is 5.42. The van der Waals surface area contributed by atoms with Crippen LogP contribution in [0.25, 0.3) is 10.8 Å². The maximum Gasteiger partial charge on any atom is 0.305 e. The quantitative estimate of drug-likeness (QED) is 0.671. The summed E-state index contributed by atoms with van der Waals surface area (Å²) < 4.78 is 0. The molecule has 1 amide bonds. The topological polar surface area (TPSA) is 66.4 Å². The number of nitrogens with one attached hydrogen (secondary N) is 1. The number of rotatable bonds is 7. The number of amides is 1. The number of carbonyl (C=O) groups excluding carboxylic acids is 1. The van der Waals surface area contributed by atoms with Crippen molar-refractivity contribution in [2.24, 2.45) is 0 Å². The molecular formula is C23H23NO3. The maximum absolute atomic E-state index is 12.4. The van der Waals surface area contributed by atoms with Crippen molar-refractivity contribution in [1.82, 2.24) is 5.32 Å². The summed E-state index contributed by atoms with van der Waals surface area (Å²) in [4.78, 5) is 23.7. The van der Waals surface area contributed by atoms with E-state index < -0.39 is 12.0 Å². The first-order valence-corrected chi connectivity index (χ1v) is 9.04. The molecule has 0 heterocycles. The second-order valence-corrected chi connectivity index (χ2v) is 6.91. The van der Waals surface area contributed by atoms with Crippen LogP contribution in [0.3, 0.4) is 0 Å². The van der Waals surface area contributed by atoms with Crippen molar-refractivity contribution >= 4 is 22.6 Å². The molecular weight excluding hydrogens is 338 g/mol. The normalized spacial score (nSPS) is 11.9. The van der Waals surface area contributed by atoms with Gasteiger partial charge in [0.1, 0.15) is 0 Å². The molecule has 0 aliphatic carbocycles. The molecule has 0 aliphatic rings. The Morgan fingerprint density at radius 3 is 2.44 bits per heavy atom. The van der Waals surface area contributed by atoms with Crippen molar-refractivity contribution in [3.05, 3.63) is 83.4 Å². The highest BCUT2D eigenvalue weighted by Gasteiger charge is 2.17. The van der Waals surface area contributed by atoms with Crippen molar-refractivity contribution in [3.8, 4) is 0 Å². The smallest absolute Gasteiger partial charge is 0.305 e. The molecule has 4 heteroatoms. The van der Waals surface area contributed by atoms with Gasteiger partial charge in [0.2, 0.25) is 5.91 Å². The molecule has 0 spiro atoms. The van der Waals surface area contributed by atoms with E-state index in [2.05, 4.69) is 11.4 Å². The molecule has 2 N–H and O–H groups in total. The predicted molar refractivity (Wildman–Crippen MR) is 107 cm³/mol. The van der Waals surface area contributed by atoms with Crippen LogP contribution < -0.4 is 5.32 Å². The largest absolute Gasteiger partial charge is 0.481 e. The number of hydrogen-bond acceptors (Lipinski definition) is 2. The zero-order chi connectivity index (χ0) is 19.2. The Hall–Kier alpha value is -3.14. The molecule has 0 saturated heterocycles. The van der Waals surface area contributed by atoms with E-state index in [1.165, 1.54) is 0 Å². The fourth-order valence-corrected chi connectivity index (χ4v) is 3.32. The summed E-state index contributed by atoms with van der Waals surface area (Å²) in [6.07, 6.45) is 0.624. The summed E-state index contributed by atoms with van der Waals surface area (Å²) in [7, 11) is 0. The molecule has 0 aliphatic heterocycles. The lowest BCUT2D eigenvalue weighted by Gasteiger charge is -2.18. The van der Waals surface area contributed by atoms with E-state index >= 15 is 0 Å². The number of carboxylic acids is 1. The van der Waals surface area contributed by atoms with E-state index in [1.54, 1.807) is 0 Å². The van der Waals surface area contributed by atoms with E-state index in [0.717, 1.165) is 27.5 Å². The molecule has 3 aromatic carbocycles. The molecule has 4 nitrogen and oxygen atoms in total. The van der Waals surface area contributed by atoms with Gasteiger partial charge in [-0.15, -0.1) is 0 Å². The zero-order valence-corrected chi connectivity index (χ0v) is 15.3. The van der Waals surface area contributed by atoms with Crippen LogP contribution in [-0.4, -0.2) is 23.0 Å². The lowest BCUT2D eigenvalue weighted by Crippen LogP contribution is -2.39. The van der Waals surface area contributed by atoms with Gasteiger partial charge in [0.05, 0.1) is 12.8 Å². The summed E-state index contributed by atoms with van der Waals surface area (Å²) in [5.41, 5.74) is 3.03. The van der Waals surface area contributed by atoms with Gasteiger partial charge in [0.25, 0.3) is 0 Å². The van der Waals surface area contributed by atoms with Gasteiger partial charge in [-0.3, -0.25) is 9.59 Å². The molecule has 0 saturated carbocycles. The Balaban J connectivity index is 1.70. The third-order valence-electron chi connectivity index (χ3n) is 4.53. The minimum absolute atomic E-state index is 0.105. The van der Waals surface area contributed by atoms with Crippen LogP contribution in [0.15, 0.2) is 66.7 Å². The first-order valence-electron chi connectivity index (χ1n) is 9.04. The SMILES string of the molecule is Cc1cccc(CC(=O)N[C@@H](CC(=O)O)Cc2ccc3ccccc3c2)c1. The summed E-state index contributed by atoms with van der Waals surface area (Å²) in [5.74, 6) is -1.08. The molecule has 0 fully saturated rings. The van der Waals surface area contributed by atoms with Gasteiger partial charge in [-0.1, -0.05) is 72.3 Å².